The molecular formula is C19H22Cl2N2O3S. The number of hydrogen-bond donors (Lipinski definition) is 1. The molecule has 0 aromatic heterocycles. The molecule has 0 aliphatic heterocycles. The molecule has 2 aromatic carbocycles. The summed E-state index contributed by atoms with van der Waals surface area (Å²) in [6, 6.07) is 10.0. The topological polar surface area (TPSA) is 66.5 Å². The molecule has 146 valence electrons. The summed E-state index contributed by atoms with van der Waals surface area (Å²) in [7, 11) is -2.62. The van der Waals surface area contributed by atoms with E-state index < -0.39 is 15.9 Å². The molecule has 0 heterocycles. The maximum absolute atomic E-state index is 12.7. The molecular weight excluding hydrogens is 407 g/mol. The highest BCUT2D eigenvalue weighted by Crippen LogP contribution is 2.27. The van der Waals surface area contributed by atoms with E-state index >= 15 is 0 Å². The molecule has 5 nitrogen and oxygen atoms in total. The van der Waals surface area contributed by atoms with E-state index in [2.05, 4.69) is 5.32 Å². The van der Waals surface area contributed by atoms with Crippen LogP contribution in [0.3, 0.4) is 0 Å². The molecule has 0 radical (unpaired) electrons. The number of likely N-dealkylation sites (N-methyl/N-ethyl adjacent to an activating group) is 1. The van der Waals surface area contributed by atoms with Crippen molar-refractivity contribution in [3.05, 3.63) is 57.6 Å². The van der Waals surface area contributed by atoms with Crippen molar-refractivity contribution in [2.45, 2.75) is 31.6 Å². The lowest BCUT2D eigenvalue weighted by atomic mass is 10.0. The molecule has 0 saturated heterocycles. The van der Waals surface area contributed by atoms with Crippen LogP contribution in [0.5, 0.6) is 0 Å². The molecule has 0 bridgehead atoms. The molecule has 8 heteroatoms. The van der Waals surface area contributed by atoms with Crippen LogP contribution in [0.4, 0.5) is 5.69 Å². The fourth-order valence-corrected chi connectivity index (χ4v) is 4.57. The van der Waals surface area contributed by atoms with Crippen LogP contribution in [-0.4, -0.2) is 32.2 Å². The summed E-state index contributed by atoms with van der Waals surface area (Å²) in [5.74, 6) is -0.421. The van der Waals surface area contributed by atoms with Gasteiger partial charge in [0.1, 0.15) is 4.90 Å². The number of carbonyl (C=O) groups excluding carboxylic acids is 1. The van der Waals surface area contributed by atoms with E-state index in [9.17, 15) is 13.2 Å². The third kappa shape index (κ3) is 5.02. The largest absolute Gasteiger partial charge is 0.324 e. The standard InChI is InChI=1S/C19H22Cl2N2O3S/c1-4-13-7-6-8-14(5-2)19(13)22-18(24)12-23(3)27(25,26)17-11-15(20)9-10-16(17)21/h6-11H,4-5,12H2,1-3H3,(H,22,24). The van der Waals surface area contributed by atoms with Gasteiger partial charge in [0.15, 0.2) is 0 Å². The number of benzene rings is 2. The van der Waals surface area contributed by atoms with Crippen LogP contribution >= 0.6 is 23.2 Å². The first-order valence-electron chi connectivity index (χ1n) is 8.52. The summed E-state index contributed by atoms with van der Waals surface area (Å²) in [6.45, 7) is 3.66. The minimum atomic E-state index is -3.95. The molecule has 0 aliphatic rings. The minimum Gasteiger partial charge on any atom is -0.324 e. The molecule has 0 spiro atoms. The van der Waals surface area contributed by atoms with Crippen LogP contribution in [0, 0.1) is 0 Å². The van der Waals surface area contributed by atoms with Gasteiger partial charge in [-0.05, 0) is 42.2 Å². The summed E-state index contributed by atoms with van der Waals surface area (Å²) < 4.78 is 26.4. The number of sulfonamides is 1. The van der Waals surface area contributed by atoms with Gasteiger partial charge in [0, 0.05) is 17.8 Å². The number of nitrogens with one attached hydrogen (secondary N) is 1. The lowest BCUT2D eigenvalue weighted by Gasteiger charge is -2.19. The normalized spacial score (nSPS) is 11.6. The van der Waals surface area contributed by atoms with Gasteiger partial charge in [-0.3, -0.25) is 4.79 Å². The first-order valence-corrected chi connectivity index (χ1v) is 10.7. The highest BCUT2D eigenvalue weighted by Gasteiger charge is 2.26. The van der Waals surface area contributed by atoms with E-state index in [0.717, 1.165) is 34.0 Å². The Morgan fingerprint density at radius 2 is 1.67 bits per heavy atom. The Labute approximate surface area is 170 Å². The summed E-state index contributed by atoms with van der Waals surface area (Å²) in [5, 5.41) is 3.16. The van der Waals surface area contributed by atoms with Crippen LogP contribution in [0.25, 0.3) is 0 Å². The first kappa shape index (κ1) is 21.7. The second kappa shape index (κ2) is 9.06. The lowest BCUT2D eigenvalue weighted by Crippen LogP contribution is -2.35. The molecule has 1 N–H and O–H groups in total. The van der Waals surface area contributed by atoms with E-state index in [1.807, 2.05) is 32.0 Å². The fraction of sp³-hybridized carbons (Fsp3) is 0.316. The number of aryl methyl sites for hydroxylation is 2. The van der Waals surface area contributed by atoms with Crippen LogP contribution in [0.1, 0.15) is 25.0 Å². The third-order valence-electron chi connectivity index (χ3n) is 4.21. The molecule has 2 rings (SSSR count). The molecule has 0 aliphatic carbocycles. The lowest BCUT2D eigenvalue weighted by molar-refractivity contribution is -0.116. The molecule has 27 heavy (non-hydrogen) atoms. The summed E-state index contributed by atoms with van der Waals surface area (Å²) in [4.78, 5) is 12.4. The Hall–Kier alpha value is -1.60. The first-order chi connectivity index (χ1) is 12.7. The Kier molecular flexibility index (Phi) is 7.28. The molecule has 0 atom stereocenters. The third-order valence-corrected chi connectivity index (χ3v) is 6.73. The zero-order valence-electron chi connectivity index (χ0n) is 15.4. The van der Waals surface area contributed by atoms with Gasteiger partial charge in [-0.25, -0.2) is 8.42 Å². The van der Waals surface area contributed by atoms with Gasteiger partial charge in [0.25, 0.3) is 0 Å². The van der Waals surface area contributed by atoms with Gasteiger partial charge in [-0.1, -0.05) is 55.2 Å². The number of hydrogen-bond acceptors (Lipinski definition) is 3. The molecule has 0 unspecified atom stereocenters. The molecule has 2 aromatic rings. The summed E-state index contributed by atoms with van der Waals surface area (Å²) >= 11 is 11.9. The summed E-state index contributed by atoms with van der Waals surface area (Å²) in [6.07, 6.45) is 1.52. The molecule has 0 saturated carbocycles. The van der Waals surface area contributed by atoms with Crippen molar-refractivity contribution < 1.29 is 13.2 Å². The van der Waals surface area contributed by atoms with Crippen LogP contribution in [0.2, 0.25) is 10.0 Å². The number of rotatable bonds is 7. The van der Waals surface area contributed by atoms with Gasteiger partial charge < -0.3 is 5.32 Å². The average Bonchev–Trinajstić information content (AvgIpc) is 2.63. The van der Waals surface area contributed by atoms with E-state index in [4.69, 9.17) is 23.2 Å². The maximum atomic E-state index is 12.7. The Bertz CT molecular complexity index is 924. The summed E-state index contributed by atoms with van der Waals surface area (Å²) in [5.41, 5.74) is 2.76. The van der Waals surface area contributed by atoms with E-state index in [1.165, 1.54) is 25.2 Å². The maximum Gasteiger partial charge on any atom is 0.244 e. The monoisotopic (exact) mass is 428 g/mol. The van der Waals surface area contributed by atoms with Gasteiger partial charge in [-0.2, -0.15) is 4.31 Å². The van der Waals surface area contributed by atoms with Crippen LogP contribution < -0.4 is 5.32 Å². The molecule has 1 amide bonds. The SMILES string of the molecule is CCc1cccc(CC)c1NC(=O)CN(C)S(=O)(=O)c1cc(Cl)ccc1Cl. The smallest absolute Gasteiger partial charge is 0.244 e. The Morgan fingerprint density at radius 1 is 1.07 bits per heavy atom. The highest BCUT2D eigenvalue weighted by molar-refractivity contribution is 7.89. The number of carbonyl (C=O) groups is 1. The van der Waals surface area contributed by atoms with Crippen LogP contribution in [0.15, 0.2) is 41.3 Å². The van der Waals surface area contributed by atoms with Crippen molar-refractivity contribution >= 4 is 44.8 Å². The van der Waals surface area contributed by atoms with E-state index in [-0.39, 0.29) is 21.5 Å². The van der Waals surface area contributed by atoms with E-state index in [1.54, 1.807) is 0 Å². The predicted octanol–water partition coefficient (Wildman–Crippen LogP) is 4.38. The minimum absolute atomic E-state index is 0.0521. The van der Waals surface area contributed by atoms with Crippen LogP contribution in [-0.2, 0) is 27.7 Å². The van der Waals surface area contributed by atoms with Crippen molar-refractivity contribution in [1.82, 2.24) is 4.31 Å². The van der Waals surface area contributed by atoms with Crippen molar-refractivity contribution in [3.8, 4) is 0 Å². The Morgan fingerprint density at radius 3 is 2.22 bits per heavy atom. The second-order valence-electron chi connectivity index (χ2n) is 6.04. The quantitative estimate of drug-likeness (QED) is 0.711. The predicted molar refractivity (Wildman–Crippen MR) is 110 cm³/mol. The van der Waals surface area contributed by atoms with Gasteiger partial charge in [-0.15, -0.1) is 0 Å². The van der Waals surface area contributed by atoms with Crippen molar-refractivity contribution in [2.75, 3.05) is 18.9 Å². The van der Waals surface area contributed by atoms with Crippen molar-refractivity contribution in [2.24, 2.45) is 0 Å². The Balaban J connectivity index is 2.22. The number of amides is 1. The average molecular weight is 429 g/mol. The number of nitrogens with zero attached hydrogens (tertiary/aromatic N) is 1. The van der Waals surface area contributed by atoms with Gasteiger partial charge in [0.05, 0.1) is 11.6 Å². The van der Waals surface area contributed by atoms with Gasteiger partial charge in [0.2, 0.25) is 15.9 Å². The number of halogens is 2. The number of para-hydroxylation sites is 1. The van der Waals surface area contributed by atoms with Crippen molar-refractivity contribution in [1.29, 1.82) is 0 Å². The fourth-order valence-electron chi connectivity index (χ4n) is 2.71. The number of anilines is 1. The van der Waals surface area contributed by atoms with Crippen molar-refractivity contribution in [3.63, 3.8) is 0 Å². The van der Waals surface area contributed by atoms with Gasteiger partial charge >= 0.3 is 0 Å². The van der Waals surface area contributed by atoms with E-state index in [0.29, 0.717) is 0 Å². The zero-order valence-corrected chi connectivity index (χ0v) is 17.7. The highest BCUT2D eigenvalue weighted by atomic mass is 35.5. The zero-order chi connectivity index (χ0) is 20.2. The molecule has 0 fully saturated rings. The second-order valence-corrected chi connectivity index (χ2v) is 8.90.